The zero-order valence-corrected chi connectivity index (χ0v) is 9.94. The third-order valence-corrected chi connectivity index (χ3v) is 2.94. The molecule has 3 nitrogen and oxygen atoms in total. The summed E-state index contributed by atoms with van der Waals surface area (Å²) in [6, 6.07) is 1.92. The van der Waals surface area contributed by atoms with Gasteiger partial charge >= 0.3 is 0 Å². The number of aryl methyl sites for hydroxylation is 1. The molecule has 0 aromatic carbocycles. The van der Waals surface area contributed by atoms with Gasteiger partial charge in [-0.25, -0.2) is 14.4 Å². The zero-order chi connectivity index (χ0) is 11.5. The Bertz CT molecular complexity index is 496. The zero-order valence-electron chi connectivity index (χ0n) is 9.12. The summed E-state index contributed by atoms with van der Waals surface area (Å²) in [6.07, 6.45) is 1.20. The maximum Gasteiger partial charge on any atom is 0.223 e. The van der Waals surface area contributed by atoms with Crippen molar-refractivity contribution in [1.29, 1.82) is 0 Å². The van der Waals surface area contributed by atoms with Crippen LogP contribution in [0.3, 0.4) is 0 Å². The first-order valence-corrected chi connectivity index (χ1v) is 5.90. The second-order valence-electron chi connectivity index (χ2n) is 3.37. The molecule has 0 atom stereocenters. The summed E-state index contributed by atoms with van der Waals surface area (Å²) >= 11 is 1.58. The number of anilines is 1. The van der Waals surface area contributed by atoms with Gasteiger partial charge in [-0.1, -0.05) is 0 Å². The fourth-order valence-corrected chi connectivity index (χ4v) is 2.07. The van der Waals surface area contributed by atoms with Crippen LogP contribution in [0.1, 0.15) is 11.8 Å². The Kier molecular flexibility index (Phi) is 3.14. The lowest BCUT2D eigenvalue weighted by Gasteiger charge is -2.04. The molecule has 0 aliphatic rings. The number of halogens is 1. The Morgan fingerprint density at radius 1 is 1.50 bits per heavy atom. The number of rotatable bonds is 3. The predicted octanol–water partition coefficient (Wildman–Crippen LogP) is 3.08. The van der Waals surface area contributed by atoms with Gasteiger partial charge in [-0.2, -0.15) is 0 Å². The highest BCUT2D eigenvalue weighted by Crippen LogP contribution is 2.26. The molecule has 0 amide bonds. The summed E-state index contributed by atoms with van der Waals surface area (Å²) < 4.78 is 13.6. The van der Waals surface area contributed by atoms with Crippen LogP contribution in [0, 0.1) is 12.7 Å². The Hall–Kier alpha value is -1.49. The molecule has 84 valence electrons. The maximum absolute atomic E-state index is 13.6. The molecular formula is C11H12FN3S. The first-order valence-electron chi connectivity index (χ1n) is 5.02. The van der Waals surface area contributed by atoms with E-state index in [4.69, 9.17) is 0 Å². The van der Waals surface area contributed by atoms with Crippen LogP contribution in [0.5, 0.6) is 0 Å². The average Bonchev–Trinajstić information content (AvgIpc) is 2.68. The molecule has 16 heavy (non-hydrogen) atoms. The summed E-state index contributed by atoms with van der Waals surface area (Å²) in [4.78, 5) is 9.16. The molecule has 2 aromatic heterocycles. The quantitative estimate of drug-likeness (QED) is 0.891. The number of aromatic nitrogens is 2. The minimum atomic E-state index is -0.389. The number of hydrogen-bond donors (Lipinski definition) is 1. The van der Waals surface area contributed by atoms with E-state index in [1.165, 1.54) is 6.20 Å². The molecule has 0 aliphatic carbocycles. The van der Waals surface area contributed by atoms with Gasteiger partial charge < -0.3 is 5.32 Å². The van der Waals surface area contributed by atoms with Gasteiger partial charge in [-0.3, -0.25) is 0 Å². The fourth-order valence-electron chi connectivity index (χ4n) is 1.38. The van der Waals surface area contributed by atoms with Gasteiger partial charge in [-0.05, 0) is 19.9 Å². The first-order chi connectivity index (χ1) is 7.70. The van der Waals surface area contributed by atoms with Crippen molar-refractivity contribution < 1.29 is 4.39 Å². The molecule has 2 aromatic rings. The molecule has 2 heterocycles. The molecule has 1 N–H and O–H groups in total. The number of nitrogens with zero attached hydrogens (tertiary/aromatic N) is 2. The Balaban J connectivity index is 2.42. The van der Waals surface area contributed by atoms with Gasteiger partial charge in [0.05, 0.1) is 6.20 Å². The van der Waals surface area contributed by atoms with Crippen molar-refractivity contribution in [1.82, 2.24) is 9.97 Å². The van der Waals surface area contributed by atoms with Crippen molar-refractivity contribution in [2.24, 2.45) is 0 Å². The van der Waals surface area contributed by atoms with Crippen molar-refractivity contribution in [2.75, 3.05) is 11.9 Å². The average molecular weight is 237 g/mol. The van der Waals surface area contributed by atoms with Crippen LogP contribution in [0.2, 0.25) is 0 Å². The molecule has 0 aliphatic heterocycles. The highest BCUT2D eigenvalue weighted by atomic mass is 32.1. The summed E-state index contributed by atoms with van der Waals surface area (Å²) in [6.45, 7) is 4.65. The van der Waals surface area contributed by atoms with E-state index in [1.807, 2.05) is 25.3 Å². The normalized spacial score (nSPS) is 10.4. The van der Waals surface area contributed by atoms with E-state index < -0.39 is 0 Å². The smallest absolute Gasteiger partial charge is 0.223 e. The summed E-state index contributed by atoms with van der Waals surface area (Å²) in [7, 11) is 0. The van der Waals surface area contributed by atoms with E-state index >= 15 is 0 Å². The second-order valence-corrected chi connectivity index (χ2v) is 4.48. The van der Waals surface area contributed by atoms with Gasteiger partial charge in [0, 0.05) is 22.4 Å². The number of nitrogens with one attached hydrogen (secondary N) is 1. The van der Waals surface area contributed by atoms with Gasteiger partial charge in [0.25, 0.3) is 0 Å². The van der Waals surface area contributed by atoms with Gasteiger partial charge in [0.2, 0.25) is 5.95 Å². The van der Waals surface area contributed by atoms with Gasteiger partial charge in [-0.15, -0.1) is 11.3 Å². The molecule has 0 fully saturated rings. The van der Waals surface area contributed by atoms with E-state index in [2.05, 4.69) is 15.3 Å². The van der Waals surface area contributed by atoms with Crippen LogP contribution >= 0.6 is 11.3 Å². The third kappa shape index (κ3) is 2.19. The van der Waals surface area contributed by atoms with Gasteiger partial charge in [0.1, 0.15) is 5.69 Å². The SMILES string of the molecule is CCNc1ncc(F)c(-c2csc(C)c2)n1. The van der Waals surface area contributed by atoms with Crippen molar-refractivity contribution in [2.45, 2.75) is 13.8 Å². The lowest BCUT2D eigenvalue weighted by atomic mass is 10.2. The second kappa shape index (κ2) is 4.57. The number of thiophene rings is 1. The van der Waals surface area contributed by atoms with E-state index in [0.717, 1.165) is 10.4 Å². The van der Waals surface area contributed by atoms with E-state index in [-0.39, 0.29) is 5.82 Å². The monoisotopic (exact) mass is 237 g/mol. The Labute approximate surface area is 97.4 Å². The molecule has 2 rings (SSSR count). The Morgan fingerprint density at radius 3 is 2.94 bits per heavy atom. The topological polar surface area (TPSA) is 37.8 Å². The van der Waals surface area contributed by atoms with E-state index in [0.29, 0.717) is 18.2 Å². The van der Waals surface area contributed by atoms with Crippen molar-refractivity contribution >= 4 is 17.3 Å². The van der Waals surface area contributed by atoms with E-state index in [9.17, 15) is 4.39 Å². The lowest BCUT2D eigenvalue weighted by molar-refractivity contribution is 0.618. The maximum atomic E-state index is 13.6. The standard InChI is InChI=1S/C11H12FN3S/c1-3-13-11-14-5-9(12)10(15-11)8-4-7(2)16-6-8/h4-6H,3H2,1-2H3,(H,13,14,15). The first kappa shape index (κ1) is 11.0. The molecule has 0 unspecified atom stereocenters. The molecule has 5 heteroatoms. The molecule has 0 saturated carbocycles. The number of hydrogen-bond acceptors (Lipinski definition) is 4. The Morgan fingerprint density at radius 2 is 2.31 bits per heavy atom. The fraction of sp³-hybridized carbons (Fsp3) is 0.273. The predicted molar refractivity (Wildman–Crippen MR) is 64.2 cm³/mol. The van der Waals surface area contributed by atoms with Crippen molar-refractivity contribution in [3.8, 4) is 11.3 Å². The summed E-state index contributed by atoms with van der Waals surface area (Å²) in [5.41, 5.74) is 1.16. The lowest BCUT2D eigenvalue weighted by Crippen LogP contribution is -2.03. The minimum absolute atomic E-state index is 0.357. The van der Waals surface area contributed by atoms with Crippen molar-refractivity contribution in [3.63, 3.8) is 0 Å². The van der Waals surface area contributed by atoms with Crippen LogP contribution < -0.4 is 5.32 Å². The van der Waals surface area contributed by atoms with Crippen LogP contribution in [-0.2, 0) is 0 Å². The summed E-state index contributed by atoms with van der Waals surface area (Å²) in [5.74, 6) is 0.0715. The largest absolute Gasteiger partial charge is 0.354 e. The van der Waals surface area contributed by atoms with Gasteiger partial charge in [0.15, 0.2) is 5.82 Å². The van der Waals surface area contributed by atoms with Crippen LogP contribution in [0.25, 0.3) is 11.3 Å². The minimum Gasteiger partial charge on any atom is -0.354 e. The third-order valence-electron chi connectivity index (χ3n) is 2.08. The molecule has 0 radical (unpaired) electrons. The highest BCUT2D eigenvalue weighted by molar-refractivity contribution is 7.10. The van der Waals surface area contributed by atoms with Crippen LogP contribution in [-0.4, -0.2) is 16.5 Å². The van der Waals surface area contributed by atoms with E-state index in [1.54, 1.807) is 11.3 Å². The molecule has 0 bridgehead atoms. The molecule has 0 saturated heterocycles. The molecular weight excluding hydrogens is 225 g/mol. The molecule has 0 spiro atoms. The van der Waals surface area contributed by atoms with Crippen LogP contribution in [0.15, 0.2) is 17.6 Å². The van der Waals surface area contributed by atoms with Crippen LogP contribution in [0.4, 0.5) is 10.3 Å². The van der Waals surface area contributed by atoms with Crippen molar-refractivity contribution in [3.05, 3.63) is 28.3 Å². The summed E-state index contributed by atoms with van der Waals surface area (Å²) in [5, 5.41) is 4.87. The highest BCUT2D eigenvalue weighted by Gasteiger charge is 2.10.